The summed E-state index contributed by atoms with van der Waals surface area (Å²) in [5.74, 6) is 0.914. The molecule has 0 aliphatic rings. The Morgan fingerprint density at radius 2 is 1.77 bits per heavy atom. The third-order valence-electron chi connectivity index (χ3n) is 3.16. The van der Waals surface area contributed by atoms with Crippen LogP contribution in [-0.2, 0) is 4.79 Å². The number of thiocarbonyl (C=S) groups is 1. The predicted molar refractivity (Wildman–Crippen MR) is 111 cm³/mol. The van der Waals surface area contributed by atoms with Gasteiger partial charge in [-0.2, -0.15) is 0 Å². The van der Waals surface area contributed by atoms with Crippen LogP contribution in [0.2, 0.25) is 10.0 Å². The molecule has 0 radical (unpaired) electrons. The van der Waals surface area contributed by atoms with Gasteiger partial charge < -0.3 is 20.1 Å². The van der Waals surface area contributed by atoms with Crippen LogP contribution in [0.25, 0.3) is 0 Å². The van der Waals surface area contributed by atoms with E-state index in [0.29, 0.717) is 27.2 Å². The SMILES string of the molecule is COc1cc(NC(=S)NC(=O)CSc2ccc(Cl)cc2)c(OC)cc1Cl. The number of carbonyl (C=O) groups excluding carboxylic acids is 1. The molecule has 0 aliphatic heterocycles. The van der Waals surface area contributed by atoms with Crippen LogP contribution < -0.4 is 20.1 Å². The van der Waals surface area contributed by atoms with Crippen molar-refractivity contribution in [2.45, 2.75) is 4.90 Å². The van der Waals surface area contributed by atoms with E-state index in [1.807, 2.05) is 12.1 Å². The number of ether oxygens (including phenoxy) is 2. The maximum absolute atomic E-state index is 12.1. The molecule has 5 nitrogen and oxygen atoms in total. The van der Waals surface area contributed by atoms with E-state index in [2.05, 4.69) is 10.6 Å². The lowest BCUT2D eigenvalue weighted by atomic mass is 10.2. The van der Waals surface area contributed by atoms with Gasteiger partial charge in [-0.05, 0) is 36.5 Å². The second-order valence-electron chi connectivity index (χ2n) is 4.93. The highest BCUT2D eigenvalue weighted by molar-refractivity contribution is 8.00. The Bertz CT molecular complexity index is 801. The average Bonchev–Trinajstić information content (AvgIpc) is 2.62. The summed E-state index contributed by atoms with van der Waals surface area (Å²) >= 11 is 18.5. The first-order valence-corrected chi connectivity index (χ1v) is 9.48. The molecule has 9 heteroatoms. The van der Waals surface area contributed by atoms with E-state index in [1.54, 1.807) is 24.3 Å². The third-order valence-corrected chi connectivity index (χ3v) is 4.92. The summed E-state index contributed by atoms with van der Waals surface area (Å²) in [6.45, 7) is 0. The van der Waals surface area contributed by atoms with E-state index in [9.17, 15) is 4.79 Å². The van der Waals surface area contributed by atoms with Crippen LogP contribution in [0.3, 0.4) is 0 Å². The number of thioether (sulfide) groups is 1. The van der Waals surface area contributed by atoms with Gasteiger partial charge in [-0.3, -0.25) is 4.79 Å². The number of carbonyl (C=O) groups is 1. The smallest absolute Gasteiger partial charge is 0.236 e. The Morgan fingerprint density at radius 3 is 2.38 bits per heavy atom. The van der Waals surface area contributed by atoms with Crippen molar-refractivity contribution in [1.82, 2.24) is 5.32 Å². The van der Waals surface area contributed by atoms with Crippen LogP contribution in [0.15, 0.2) is 41.3 Å². The van der Waals surface area contributed by atoms with Crippen LogP contribution in [0, 0.1) is 0 Å². The van der Waals surface area contributed by atoms with Crippen molar-refractivity contribution in [1.29, 1.82) is 0 Å². The van der Waals surface area contributed by atoms with Crippen molar-refractivity contribution in [3.8, 4) is 11.5 Å². The fourth-order valence-corrected chi connectivity index (χ4v) is 3.23. The van der Waals surface area contributed by atoms with Gasteiger partial charge in [-0.1, -0.05) is 23.2 Å². The molecule has 0 heterocycles. The lowest BCUT2D eigenvalue weighted by Gasteiger charge is -2.15. The molecule has 26 heavy (non-hydrogen) atoms. The standard InChI is InChI=1S/C17H16Cl2N2O3S2/c1-23-14-8-13(15(24-2)7-12(14)19)20-17(25)21-16(22)9-26-11-5-3-10(18)4-6-11/h3-8H,9H2,1-2H3,(H2,20,21,22,25). The number of nitrogens with one attached hydrogen (secondary N) is 2. The molecule has 0 fully saturated rings. The zero-order chi connectivity index (χ0) is 19.1. The maximum atomic E-state index is 12.1. The highest BCUT2D eigenvalue weighted by Crippen LogP contribution is 2.35. The second-order valence-corrected chi connectivity index (χ2v) is 7.23. The molecule has 2 N–H and O–H groups in total. The van der Waals surface area contributed by atoms with Crippen molar-refractivity contribution in [3.05, 3.63) is 46.4 Å². The van der Waals surface area contributed by atoms with Crippen molar-refractivity contribution in [2.75, 3.05) is 25.3 Å². The van der Waals surface area contributed by atoms with Gasteiger partial charge in [-0.15, -0.1) is 11.8 Å². The first-order chi connectivity index (χ1) is 12.4. The Hall–Kier alpha value is -1.67. The summed E-state index contributed by atoms with van der Waals surface area (Å²) in [6.07, 6.45) is 0. The summed E-state index contributed by atoms with van der Waals surface area (Å²) in [6, 6.07) is 10.5. The predicted octanol–water partition coefficient (Wildman–Crippen LogP) is 4.62. The molecule has 0 aliphatic carbocycles. The molecule has 2 rings (SSSR count). The molecule has 2 aromatic rings. The Kier molecular flexibility index (Phi) is 7.84. The lowest BCUT2D eigenvalue weighted by molar-refractivity contribution is -0.117. The topological polar surface area (TPSA) is 59.6 Å². The number of methoxy groups -OCH3 is 2. The first kappa shape index (κ1) is 20.6. The van der Waals surface area contributed by atoms with Gasteiger partial charge in [0.15, 0.2) is 5.11 Å². The van der Waals surface area contributed by atoms with Crippen LogP contribution in [0.1, 0.15) is 0 Å². The second kappa shape index (κ2) is 9.87. The third kappa shape index (κ3) is 5.95. The van der Waals surface area contributed by atoms with Crippen molar-refractivity contribution in [2.24, 2.45) is 0 Å². The molecule has 0 saturated carbocycles. The van der Waals surface area contributed by atoms with E-state index in [4.69, 9.17) is 44.9 Å². The number of hydrogen-bond donors (Lipinski definition) is 2. The molecule has 0 saturated heterocycles. The van der Waals surface area contributed by atoms with Crippen LogP contribution in [-0.4, -0.2) is 31.0 Å². The monoisotopic (exact) mass is 430 g/mol. The number of amides is 1. The number of anilines is 1. The summed E-state index contributed by atoms with van der Waals surface area (Å²) in [7, 11) is 3.01. The van der Waals surface area contributed by atoms with E-state index in [1.165, 1.54) is 26.0 Å². The molecule has 2 aromatic carbocycles. The first-order valence-electron chi connectivity index (χ1n) is 7.33. The van der Waals surface area contributed by atoms with Gasteiger partial charge in [0.1, 0.15) is 11.5 Å². The molecule has 0 aromatic heterocycles. The zero-order valence-electron chi connectivity index (χ0n) is 14.0. The number of halogens is 2. The number of hydrogen-bond acceptors (Lipinski definition) is 5. The summed E-state index contributed by atoms with van der Waals surface area (Å²) in [5, 5.41) is 6.73. The Balaban J connectivity index is 1.93. The van der Waals surface area contributed by atoms with Gasteiger partial charge in [0.05, 0.1) is 30.7 Å². The molecule has 0 atom stereocenters. The van der Waals surface area contributed by atoms with Gasteiger partial charge >= 0.3 is 0 Å². The minimum Gasteiger partial charge on any atom is -0.495 e. The normalized spacial score (nSPS) is 10.2. The summed E-state index contributed by atoms with van der Waals surface area (Å²) in [5.41, 5.74) is 0.532. The number of benzene rings is 2. The molecule has 0 bridgehead atoms. The van der Waals surface area contributed by atoms with Crippen molar-refractivity contribution < 1.29 is 14.3 Å². The minimum atomic E-state index is -0.234. The molecule has 1 amide bonds. The van der Waals surface area contributed by atoms with Gasteiger partial charge in [-0.25, -0.2) is 0 Å². The van der Waals surface area contributed by atoms with E-state index in [-0.39, 0.29) is 16.8 Å². The van der Waals surface area contributed by atoms with Crippen LogP contribution in [0.5, 0.6) is 11.5 Å². The number of rotatable bonds is 6. The molecule has 0 spiro atoms. The minimum absolute atomic E-state index is 0.148. The van der Waals surface area contributed by atoms with Gasteiger partial charge in [0, 0.05) is 22.1 Å². The molecule has 138 valence electrons. The highest BCUT2D eigenvalue weighted by Gasteiger charge is 2.12. The molecular formula is C17H16Cl2N2O3S2. The molecule has 0 unspecified atom stereocenters. The fourth-order valence-electron chi connectivity index (χ4n) is 1.95. The maximum Gasteiger partial charge on any atom is 0.236 e. The van der Waals surface area contributed by atoms with Crippen LogP contribution >= 0.6 is 47.2 Å². The largest absolute Gasteiger partial charge is 0.495 e. The van der Waals surface area contributed by atoms with E-state index < -0.39 is 0 Å². The van der Waals surface area contributed by atoms with Gasteiger partial charge in [0.2, 0.25) is 5.91 Å². The Morgan fingerprint density at radius 1 is 1.12 bits per heavy atom. The van der Waals surface area contributed by atoms with Crippen molar-refractivity contribution >= 4 is 63.9 Å². The van der Waals surface area contributed by atoms with E-state index >= 15 is 0 Å². The molecular weight excluding hydrogens is 415 g/mol. The highest BCUT2D eigenvalue weighted by atomic mass is 35.5. The lowest BCUT2D eigenvalue weighted by Crippen LogP contribution is -2.35. The average molecular weight is 431 g/mol. The quantitative estimate of drug-likeness (QED) is 0.515. The Labute approximate surface area is 171 Å². The van der Waals surface area contributed by atoms with E-state index in [0.717, 1.165) is 4.90 Å². The summed E-state index contributed by atoms with van der Waals surface area (Å²) in [4.78, 5) is 13.0. The fraction of sp³-hybridized carbons (Fsp3) is 0.176. The van der Waals surface area contributed by atoms with Gasteiger partial charge in [0.25, 0.3) is 0 Å². The van der Waals surface area contributed by atoms with Crippen molar-refractivity contribution in [3.63, 3.8) is 0 Å². The zero-order valence-corrected chi connectivity index (χ0v) is 17.1. The van der Waals surface area contributed by atoms with Crippen LogP contribution in [0.4, 0.5) is 5.69 Å². The summed E-state index contributed by atoms with van der Waals surface area (Å²) < 4.78 is 10.4.